The lowest BCUT2D eigenvalue weighted by Gasteiger charge is -2.35. The van der Waals surface area contributed by atoms with Gasteiger partial charge in [0.1, 0.15) is 10.6 Å². The molecule has 1 aromatic rings. The molecule has 0 aliphatic carbocycles. The van der Waals surface area contributed by atoms with Crippen LogP contribution in [0.5, 0.6) is 5.75 Å². The molecule has 128 valence electrons. The molecular weight excluding hydrogens is 320 g/mol. The average molecular weight is 342 g/mol. The number of morpholine rings is 1. The first-order chi connectivity index (χ1) is 10.8. The first-order valence-electron chi connectivity index (χ1n) is 7.34. The van der Waals surface area contributed by atoms with Crippen molar-refractivity contribution < 1.29 is 22.7 Å². The first kappa shape index (κ1) is 17.7. The Morgan fingerprint density at radius 2 is 1.91 bits per heavy atom. The highest BCUT2D eigenvalue weighted by molar-refractivity contribution is 7.89. The number of rotatable bonds is 4. The quantitative estimate of drug-likeness (QED) is 0.877. The minimum absolute atomic E-state index is 0.0530. The van der Waals surface area contributed by atoms with Crippen LogP contribution >= 0.6 is 0 Å². The van der Waals surface area contributed by atoms with Crippen molar-refractivity contribution in [1.29, 1.82) is 0 Å². The molecule has 7 nitrogen and oxygen atoms in total. The second-order valence-corrected chi connectivity index (χ2v) is 7.40. The van der Waals surface area contributed by atoms with Gasteiger partial charge < -0.3 is 14.4 Å². The Balaban J connectivity index is 2.36. The van der Waals surface area contributed by atoms with E-state index in [1.807, 2.05) is 13.8 Å². The van der Waals surface area contributed by atoms with Gasteiger partial charge in [-0.1, -0.05) is 0 Å². The molecular formula is C15H22N2O5S. The molecule has 1 N–H and O–H groups in total. The van der Waals surface area contributed by atoms with Crippen molar-refractivity contribution in [3.8, 4) is 5.75 Å². The number of hydrogen-bond acceptors (Lipinski definition) is 5. The zero-order valence-electron chi connectivity index (χ0n) is 13.7. The van der Waals surface area contributed by atoms with E-state index in [0.29, 0.717) is 18.7 Å². The van der Waals surface area contributed by atoms with Crippen LogP contribution < -0.4 is 9.46 Å². The summed E-state index contributed by atoms with van der Waals surface area (Å²) in [5, 5.41) is 0. The van der Waals surface area contributed by atoms with Crippen LogP contribution in [0.1, 0.15) is 24.2 Å². The van der Waals surface area contributed by atoms with Crippen molar-refractivity contribution in [2.45, 2.75) is 31.0 Å². The zero-order chi connectivity index (χ0) is 17.2. The van der Waals surface area contributed by atoms with E-state index < -0.39 is 10.0 Å². The van der Waals surface area contributed by atoms with Crippen LogP contribution in [0.15, 0.2) is 23.1 Å². The molecule has 0 aromatic heterocycles. The van der Waals surface area contributed by atoms with Gasteiger partial charge >= 0.3 is 0 Å². The largest absolute Gasteiger partial charge is 0.495 e. The second kappa shape index (κ2) is 6.86. The smallest absolute Gasteiger partial charge is 0.254 e. The number of amides is 1. The molecule has 1 fully saturated rings. The summed E-state index contributed by atoms with van der Waals surface area (Å²) in [5.74, 6) is -0.0261. The number of benzene rings is 1. The summed E-state index contributed by atoms with van der Waals surface area (Å²) < 4.78 is 37.1. The van der Waals surface area contributed by atoms with Gasteiger partial charge in [-0.3, -0.25) is 4.79 Å². The van der Waals surface area contributed by atoms with Gasteiger partial charge in [0, 0.05) is 18.7 Å². The predicted molar refractivity (Wildman–Crippen MR) is 85.2 cm³/mol. The summed E-state index contributed by atoms with van der Waals surface area (Å²) in [4.78, 5) is 14.3. The van der Waals surface area contributed by atoms with Crippen LogP contribution in [-0.2, 0) is 14.8 Å². The highest BCUT2D eigenvalue weighted by Gasteiger charge is 2.28. The number of nitrogens with one attached hydrogen (secondary N) is 1. The summed E-state index contributed by atoms with van der Waals surface area (Å²) >= 11 is 0. The maximum atomic E-state index is 12.7. The van der Waals surface area contributed by atoms with Crippen LogP contribution in [0.4, 0.5) is 0 Å². The van der Waals surface area contributed by atoms with Gasteiger partial charge in [-0.2, -0.15) is 0 Å². The Hall–Kier alpha value is -1.64. The lowest BCUT2D eigenvalue weighted by molar-refractivity contribution is -0.0586. The van der Waals surface area contributed by atoms with E-state index >= 15 is 0 Å². The van der Waals surface area contributed by atoms with E-state index in [1.54, 1.807) is 11.0 Å². The molecule has 1 aliphatic heterocycles. The van der Waals surface area contributed by atoms with Crippen molar-refractivity contribution in [3.05, 3.63) is 23.8 Å². The number of hydrogen-bond donors (Lipinski definition) is 1. The van der Waals surface area contributed by atoms with Gasteiger partial charge in [-0.15, -0.1) is 0 Å². The molecule has 1 aliphatic rings. The van der Waals surface area contributed by atoms with E-state index in [0.717, 1.165) is 0 Å². The maximum absolute atomic E-state index is 12.7. The summed E-state index contributed by atoms with van der Waals surface area (Å²) in [5.41, 5.74) is 0.306. The lowest BCUT2D eigenvalue weighted by Crippen LogP contribution is -2.48. The third-order valence-corrected chi connectivity index (χ3v) is 5.11. The molecule has 1 heterocycles. The number of ether oxygens (including phenoxy) is 2. The van der Waals surface area contributed by atoms with Gasteiger partial charge in [0.15, 0.2) is 0 Å². The fourth-order valence-corrected chi connectivity index (χ4v) is 3.57. The maximum Gasteiger partial charge on any atom is 0.254 e. The van der Waals surface area contributed by atoms with Crippen molar-refractivity contribution in [2.75, 3.05) is 27.2 Å². The molecule has 0 radical (unpaired) electrons. The first-order valence-corrected chi connectivity index (χ1v) is 8.83. The highest BCUT2D eigenvalue weighted by Crippen LogP contribution is 2.26. The Bertz CT molecular complexity index is 679. The van der Waals surface area contributed by atoms with Crippen LogP contribution in [0.25, 0.3) is 0 Å². The predicted octanol–water partition coefficient (Wildman–Crippen LogP) is 0.853. The molecule has 0 saturated carbocycles. The second-order valence-electron chi connectivity index (χ2n) is 5.54. The van der Waals surface area contributed by atoms with Crippen LogP contribution in [0.3, 0.4) is 0 Å². The molecule has 23 heavy (non-hydrogen) atoms. The van der Waals surface area contributed by atoms with Gasteiger partial charge in [0.2, 0.25) is 10.0 Å². The molecule has 0 spiro atoms. The van der Waals surface area contributed by atoms with Crippen molar-refractivity contribution in [2.24, 2.45) is 0 Å². The number of sulfonamides is 1. The van der Waals surface area contributed by atoms with Gasteiger partial charge in [-0.05, 0) is 39.1 Å². The topological polar surface area (TPSA) is 84.9 Å². The van der Waals surface area contributed by atoms with E-state index in [1.165, 1.54) is 26.3 Å². The fraction of sp³-hybridized carbons (Fsp3) is 0.533. The third-order valence-electron chi connectivity index (χ3n) is 3.68. The molecule has 1 aromatic carbocycles. The Labute approximate surface area is 136 Å². The molecule has 0 unspecified atom stereocenters. The zero-order valence-corrected chi connectivity index (χ0v) is 14.5. The normalized spacial score (nSPS) is 22.0. The number of carbonyl (C=O) groups is 1. The monoisotopic (exact) mass is 342 g/mol. The molecule has 1 saturated heterocycles. The minimum Gasteiger partial charge on any atom is -0.495 e. The minimum atomic E-state index is -3.72. The van der Waals surface area contributed by atoms with Crippen LogP contribution in [0, 0.1) is 0 Å². The SMILES string of the molecule is CNS(=O)(=O)c1cc(C(=O)N2C[C@H](C)O[C@@H](C)C2)ccc1OC. The Morgan fingerprint density at radius 3 is 2.43 bits per heavy atom. The van der Waals surface area contributed by atoms with Crippen molar-refractivity contribution in [3.63, 3.8) is 0 Å². The number of nitrogens with zero attached hydrogens (tertiary/aromatic N) is 1. The number of carbonyl (C=O) groups excluding carboxylic acids is 1. The van der Waals surface area contributed by atoms with Gasteiger partial charge in [-0.25, -0.2) is 13.1 Å². The molecule has 8 heteroatoms. The Kier molecular flexibility index (Phi) is 5.28. The molecule has 0 bridgehead atoms. The van der Waals surface area contributed by atoms with Crippen LogP contribution in [-0.4, -0.2) is 58.7 Å². The van der Waals surface area contributed by atoms with Crippen molar-refractivity contribution >= 4 is 15.9 Å². The molecule has 2 rings (SSSR count). The fourth-order valence-electron chi connectivity index (χ4n) is 2.66. The Morgan fingerprint density at radius 1 is 1.30 bits per heavy atom. The van der Waals surface area contributed by atoms with E-state index in [4.69, 9.17) is 9.47 Å². The molecule has 1 amide bonds. The van der Waals surface area contributed by atoms with E-state index in [-0.39, 0.29) is 28.8 Å². The summed E-state index contributed by atoms with van der Waals surface area (Å²) in [6.45, 7) is 4.76. The van der Waals surface area contributed by atoms with Crippen LogP contribution in [0.2, 0.25) is 0 Å². The summed E-state index contributed by atoms with van der Waals surface area (Å²) in [6.07, 6.45) is -0.108. The lowest BCUT2D eigenvalue weighted by atomic mass is 10.1. The van der Waals surface area contributed by atoms with Gasteiger partial charge in [0.25, 0.3) is 5.91 Å². The summed E-state index contributed by atoms with van der Waals surface area (Å²) in [7, 11) is -1.02. The molecule has 2 atom stereocenters. The van der Waals surface area contributed by atoms with Gasteiger partial charge in [0.05, 0.1) is 19.3 Å². The number of methoxy groups -OCH3 is 1. The summed E-state index contributed by atoms with van der Waals surface area (Å²) in [6, 6.07) is 4.41. The standard InChI is InChI=1S/C15H22N2O5S/c1-10-8-17(9-11(2)22-10)15(18)12-5-6-13(21-4)14(7-12)23(19,20)16-3/h5-7,10-11,16H,8-9H2,1-4H3/t10-,11-/m0/s1. The highest BCUT2D eigenvalue weighted by atomic mass is 32.2. The van der Waals surface area contributed by atoms with E-state index in [2.05, 4.69) is 4.72 Å². The average Bonchev–Trinajstić information content (AvgIpc) is 2.52. The van der Waals surface area contributed by atoms with E-state index in [9.17, 15) is 13.2 Å². The third kappa shape index (κ3) is 3.82. The van der Waals surface area contributed by atoms with Crippen molar-refractivity contribution in [1.82, 2.24) is 9.62 Å².